The summed E-state index contributed by atoms with van der Waals surface area (Å²) in [5.41, 5.74) is -3.69. The zero-order valence-electron chi connectivity index (χ0n) is 45.7. The zero-order chi connectivity index (χ0) is 57.6. The Morgan fingerprint density at radius 2 is 1.14 bits per heavy atom. The third-order valence-corrected chi connectivity index (χ3v) is 26.0. The van der Waals surface area contributed by atoms with E-state index in [1.54, 1.807) is 36.4 Å². The molecule has 0 bridgehead atoms. The van der Waals surface area contributed by atoms with Gasteiger partial charge in [-0.05, 0) is 83.5 Å². The zero-order valence-corrected chi connectivity index (χ0v) is 49.4. The number of aryl methyl sites for hydroxylation is 2. The highest BCUT2D eigenvalue weighted by atomic mass is 32.5. The summed E-state index contributed by atoms with van der Waals surface area (Å²) in [7, 11) is -6.20. The maximum Gasteiger partial charge on any atom is 0.340 e. The van der Waals surface area contributed by atoms with Gasteiger partial charge in [-0.15, -0.1) is 0 Å². The second-order valence-electron chi connectivity index (χ2n) is 22.5. The second-order valence-corrected chi connectivity index (χ2v) is 34.3. The first kappa shape index (κ1) is 59.4. The molecular formula is C56H67N4O15PSSi2. The molecule has 0 spiro atoms. The Morgan fingerprint density at radius 3 is 1.57 bits per heavy atom. The van der Waals surface area contributed by atoms with Gasteiger partial charge in [-0.1, -0.05) is 139 Å². The molecule has 2 aliphatic rings. The standard InChI is InChI=1S/C56H67N4O15PSSi2/c1-36-33-57(52(66)59(47(36)61)49(63)38-23-15-11-16-24-38)44-31-42(74-78(9,10)54(3,4)5)46(72-44)51(65)73-76(69,77)75-56(68)32-45(58-34-37(2)48(62)60(53(58)67)50(64)39-25-17-12-18-26-39)71-43(56)35-70-79(55(6,7)8,40-27-19-13-20-28-40)41-29-21-14-22-30-41/h11-30,33-34,42-46,51,65,68H,31-32,35H2,1-10H3,(H,69,77)/t42-,43+,44+,45+,46-,51?,56+,76?/m0/s1. The first-order valence-electron chi connectivity index (χ1n) is 25.8. The molecule has 6 aromatic rings. The molecule has 79 heavy (non-hydrogen) atoms. The van der Waals surface area contributed by atoms with Crippen LogP contribution in [0.1, 0.15) is 98.7 Å². The van der Waals surface area contributed by atoms with E-state index in [0.717, 1.165) is 19.5 Å². The van der Waals surface area contributed by atoms with Gasteiger partial charge >= 0.3 is 18.1 Å². The van der Waals surface area contributed by atoms with Crippen LogP contribution in [0.5, 0.6) is 0 Å². The lowest BCUT2D eigenvalue weighted by molar-refractivity contribution is -0.202. The highest BCUT2D eigenvalue weighted by Gasteiger charge is 2.57. The van der Waals surface area contributed by atoms with E-state index in [4.69, 9.17) is 39.2 Å². The number of nitrogens with zero attached hydrogens (tertiary/aromatic N) is 4. The summed E-state index contributed by atoms with van der Waals surface area (Å²) >= 11 is 5.63. The van der Waals surface area contributed by atoms with Crippen LogP contribution in [-0.4, -0.2) is 98.8 Å². The van der Waals surface area contributed by atoms with Gasteiger partial charge in [0.05, 0.1) is 19.1 Å². The maximum absolute atomic E-state index is 14.4. The average Bonchev–Trinajstić information content (AvgIpc) is 4.22. The minimum absolute atomic E-state index is 0.0222. The van der Waals surface area contributed by atoms with E-state index in [1.807, 2.05) is 115 Å². The molecule has 420 valence electrons. The molecule has 0 saturated carbocycles. The third kappa shape index (κ3) is 11.9. The topological polar surface area (TPSA) is 238 Å². The molecule has 2 aliphatic heterocycles. The molecule has 4 heterocycles. The first-order chi connectivity index (χ1) is 37.0. The fourth-order valence-electron chi connectivity index (χ4n) is 9.88. The van der Waals surface area contributed by atoms with Gasteiger partial charge in [0, 0.05) is 41.1 Å². The SMILES string of the molecule is Cc1cn([C@H]2C[C@H](O[Si](C)(C)C(C)(C)C)[C@@H](C(O)OP(O)(=S)O[C@]3(O)C[C@H](n4cc(C)c(=O)n(C(=O)c5ccccc5)c4=O)O[C@@H]3CO[Si](c3ccccc3)(c3ccccc3)C(C)(C)C)O2)c(=O)n(C(=O)c2ccccc2)c1=O. The first-order valence-corrected chi connectivity index (χ1v) is 33.2. The molecule has 3 N–H and O–H groups in total. The molecule has 8 rings (SSSR count). The van der Waals surface area contributed by atoms with Crippen molar-refractivity contribution >= 4 is 57.3 Å². The van der Waals surface area contributed by atoms with Crippen LogP contribution in [0.25, 0.3) is 0 Å². The maximum atomic E-state index is 14.4. The van der Waals surface area contributed by atoms with Crippen molar-refractivity contribution in [3.8, 4) is 0 Å². The molecule has 23 heteroatoms. The Labute approximate surface area is 464 Å². The van der Waals surface area contributed by atoms with Gasteiger partial charge in [0.25, 0.3) is 31.3 Å². The van der Waals surface area contributed by atoms with E-state index < -0.39 is 124 Å². The van der Waals surface area contributed by atoms with Crippen molar-refractivity contribution in [1.29, 1.82) is 0 Å². The molecule has 2 unspecified atom stereocenters. The lowest BCUT2D eigenvalue weighted by atomic mass is 10.1. The van der Waals surface area contributed by atoms with Crippen LogP contribution in [0.3, 0.4) is 0 Å². The number of benzene rings is 4. The summed E-state index contributed by atoms with van der Waals surface area (Å²) in [6, 6.07) is 34.7. The van der Waals surface area contributed by atoms with Gasteiger partial charge in [-0.25, -0.2) is 9.59 Å². The number of aliphatic hydroxyl groups is 2. The molecule has 0 amide bonds. The van der Waals surface area contributed by atoms with Crippen LogP contribution in [0.2, 0.25) is 23.2 Å². The second kappa shape index (κ2) is 22.7. The van der Waals surface area contributed by atoms with Crippen LogP contribution in [-0.2, 0) is 39.2 Å². The van der Waals surface area contributed by atoms with Crippen LogP contribution >= 0.6 is 6.72 Å². The van der Waals surface area contributed by atoms with Crippen molar-refractivity contribution in [1.82, 2.24) is 18.3 Å². The molecule has 2 fully saturated rings. The quantitative estimate of drug-likeness (QED) is 0.0587. The van der Waals surface area contributed by atoms with Crippen LogP contribution in [0, 0.1) is 13.8 Å². The predicted molar refractivity (Wildman–Crippen MR) is 304 cm³/mol. The van der Waals surface area contributed by atoms with Gasteiger partial charge in [-0.3, -0.25) is 37.4 Å². The summed E-state index contributed by atoms with van der Waals surface area (Å²) in [4.78, 5) is 95.4. The Bertz CT molecular complexity index is 3470. The molecular weight excluding hydrogens is 1090 g/mol. The normalized spacial score (nSPS) is 22.1. The van der Waals surface area contributed by atoms with E-state index in [-0.39, 0.29) is 28.7 Å². The highest BCUT2D eigenvalue weighted by molar-refractivity contribution is 8.07. The fourth-order valence-corrected chi connectivity index (χ4v) is 17.5. The molecule has 0 radical (unpaired) electrons. The summed E-state index contributed by atoms with van der Waals surface area (Å²) in [6.07, 6.45) is -7.48. The minimum atomic E-state index is -4.93. The van der Waals surface area contributed by atoms with Crippen molar-refractivity contribution in [3.05, 3.63) is 198 Å². The van der Waals surface area contributed by atoms with Crippen molar-refractivity contribution in [2.24, 2.45) is 0 Å². The summed E-state index contributed by atoms with van der Waals surface area (Å²) in [5, 5.41) is 25.8. The monoisotopic (exact) mass is 1150 g/mol. The van der Waals surface area contributed by atoms with E-state index in [2.05, 4.69) is 0 Å². The predicted octanol–water partition coefficient (Wildman–Crippen LogP) is 5.83. The molecule has 0 aliphatic carbocycles. The van der Waals surface area contributed by atoms with E-state index in [9.17, 15) is 43.9 Å². The van der Waals surface area contributed by atoms with Gasteiger partial charge < -0.3 is 33.4 Å². The number of hydrogen-bond donors (Lipinski definition) is 3. The van der Waals surface area contributed by atoms with Gasteiger partial charge in [-0.2, -0.15) is 9.13 Å². The number of aromatic nitrogens is 4. The van der Waals surface area contributed by atoms with Crippen LogP contribution < -0.4 is 32.9 Å². The molecule has 4 aromatic carbocycles. The van der Waals surface area contributed by atoms with Crippen molar-refractivity contribution in [3.63, 3.8) is 0 Å². The van der Waals surface area contributed by atoms with Gasteiger partial charge in [0.1, 0.15) is 24.7 Å². The van der Waals surface area contributed by atoms with Crippen LogP contribution in [0.4, 0.5) is 0 Å². The Hall–Kier alpha value is -5.70. The Kier molecular flexibility index (Phi) is 17.1. The Balaban J connectivity index is 1.16. The number of hydrogen-bond acceptors (Lipinski definition) is 15. The summed E-state index contributed by atoms with van der Waals surface area (Å²) < 4.78 is 41.9. The van der Waals surface area contributed by atoms with Crippen molar-refractivity contribution in [2.75, 3.05) is 6.61 Å². The summed E-state index contributed by atoms with van der Waals surface area (Å²) in [6.45, 7) is 13.5. The Morgan fingerprint density at radius 1 is 0.709 bits per heavy atom. The van der Waals surface area contributed by atoms with Crippen molar-refractivity contribution in [2.45, 2.75) is 134 Å². The number of ether oxygens (including phenoxy) is 2. The minimum Gasteiger partial charge on any atom is -0.411 e. The fraction of sp³-hybridized carbons (Fsp3) is 0.393. The number of carbonyl (C=O) groups is 2. The molecule has 19 nitrogen and oxygen atoms in total. The lowest BCUT2D eigenvalue weighted by Gasteiger charge is -2.44. The van der Waals surface area contributed by atoms with Gasteiger partial charge in [0.2, 0.25) is 5.79 Å². The number of aliphatic hydroxyl groups excluding tert-OH is 1. The smallest absolute Gasteiger partial charge is 0.340 e. The highest BCUT2D eigenvalue weighted by Crippen LogP contribution is 2.54. The third-order valence-electron chi connectivity index (χ3n) is 15.0. The largest absolute Gasteiger partial charge is 0.411 e. The van der Waals surface area contributed by atoms with E-state index >= 15 is 0 Å². The number of carbonyl (C=O) groups excluding carboxylic acids is 2. The van der Waals surface area contributed by atoms with E-state index in [0.29, 0.717) is 9.13 Å². The summed E-state index contributed by atoms with van der Waals surface area (Å²) in [5.74, 6) is -4.48. The molecule has 2 saturated heterocycles. The average molecular weight is 1160 g/mol. The molecule has 2 aromatic heterocycles. The van der Waals surface area contributed by atoms with Crippen molar-refractivity contribution < 1.29 is 52.1 Å². The van der Waals surface area contributed by atoms with Crippen LogP contribution in [0.15, 0.2) is 153 Å². The number of rotatable bonds is 16. The van der Waals surface area contributed by atoms with E-state index in [1.165, 1.54) is 50.5 Å². The van der Waals surface area contributed by atoms with Gasteiger partial charge in [0.15, 0.2) is 14.6 Å². The lowest BCUT2D eigenvalue weighted by Crippen LogP contribution is -2.67. The molecule has 8 atom stereocenters.